The van der Waals surface area contributed by atoms with Crippen molar-refractivity contribution in [3.05, 3.63) is 77.3 Å². The summed E-state index contributed by atoms with van der Waals surface area (Å²) in [6.45, 7) is 0. The van der Waals surface area contributed by atoms with Crippen molar-refractivity contribution in [3.63, 3.8) is 0 Å². The fourth-order valence-corrected chi connectivity index (χ4v) is 1.97. The van der Waals surface area contributed by atoms with Gasteiger partial charge in [0.05, 0.1) is 6.20 Å². The number of ketones is 1. The first-order valence-electron chi connectivity index (χ1n) is 6.05. The zero-order valence-electron chi connectivity index (χ0n) is 10.4. The van der Waals surface area contributed by atoms with Crippen molar-refractivity contribution in [2.45, 2.75) is 0 Å². The van der Waals surface area contributed by atoms with E-state index < -0.39 is 0 Å². The Labute approximate surface area is 120 Å². The van der Waals surface area contributed by atoms with E-state index in [9.17, 15) is 4.79 Å². The molecule has 98 valence electrons. The van der Waals surface area contributed by atoms with Gasteiger partial charge in [0.2, 0.25) is 5.78 Å². The SMILES string of the molecule is O=C(c1ccccc1)c1ncc(-c2ccc(Cl)cc2)o1. The third-order valence-electron chi connectivity index (χ3n) is 2.86. The van der Waals surface area contributed by atoms with Crippen LogP contribution in [0.5, 0.6) is 0 Å². The number of hydrogen-bond acceptors (Lipinski definition) is 3. The molecule has 2 aromatic carbocycles. The standard InChI is InChI=1S/C16H10ClNO2/c17-13-8-6-11(7-9-13)14-10-18-16(20-14)15(19)12-4-2-1-3-5-12/h1-10H. The summed E-state index contributed by atoms with van der Waals surface area (Å²) in [4.78, 5) is 16.2. The van der Waals surface area contributed by atoms with Crippen molar-refractivity contribution in [3.8, 4) is 11.3 Å². The predicted molar refractivity (Wildman–Crippen MR) is 76.8 cm³/mol. The molecule has 1 aromatic heterocycles. The zero-order valence-corrected chi connectivity index (χ0v) is 11.2. The minimum absolute atomic E-state index is 0.0844. The maximum atomic E-state index is 12.2. The molecule has 0 radical (unpaired) electrons. The fourth-order valence-electron chi connectivity index (χ4n) is 1.84. The molecule has 0 aliphatic heterocycles. The molecule has 0 aliphatic rings. The molecule has 4 heteroatoms. The molecule has 0 spiro atoms. The lowest BCUT2D eigenvalue weighted by molar-refractivity contribution is 0.100. The van der Waals surface area contributed by atoms with Crippen LogP contribution in [-0.2, 0) is 0 Å². The van der Waals surface area contributed by atoms with Gasteiger partial charge < -0.3 is 4.42 Å². The lowest BCUT2D eigenvalue weighted by Gasteiger charge is -1.97. The molecule has 0 atom stereocenters. The monoisotopic (exact) mass is 283 g/mol. The van der Waals surface area contributed by atoms with Crippen molar-refractivity contribution in [2.75, 3.05) is 0 Å². The quantitative estimate of drug-likeness (QED) is 0.676. The van der Waals surface area contributed by atoms with Crippen LogP contribution < -0.4 is 0 Å². The Balaban J connectivity index is 1.91. The molecule has 3 aromatic rings. The molecule has 1 heterocycles. The van der Waals surface area contributed by atoms with Gasteiger partial charge in [-0.25, -0.2) is 4.98 Å². The van der Waals surface area contributed by atoms with Crippen LogP contribution in [0.25, 0.3) is 11.3 Å². The Morgan fingerprint density at radius 3 is 2.40 bits per heavy atom. The second-order valence-corrected chi connectivity index (χ2v) is 4.67. The lowest BCUT2D eigenvalue weighted by Crippen LogP contribution is -2.00. The molecule has 0 N–H and O–H groups in total. The average Bonchev–Trinajstić information content (AvgIpc) is 2.98. The topological polar surface area (TPSA) is 43.1 Å². The molecule has 0 aliphatic carbocycles. The van der Waals surface area contributed by atoms with Crippen molar-refractivity contribution in [1.29, 1.82) is 0 Å². The molecule has 20 heavy (non-hydrogen) atoms. The van der Waals surface area contributed by atoms with Gasteiger partial charge in [-0.15, -0.1) is 0 Å². The van der Waals surface area contributed by atoms with Gasteiger partial charge in [-0.2, -0.15) is 0 Å². The first-order chi connectivity index (χ1) is 9.74. The molecule has 0 fully saturated rings. The number of hydrogen-bond donors (Lipinski definition) is 0. The number of benzene rings is 2. The number of oxazole rings is 1. The number of carbonyl (C=O) groups excluding carboxylic acids is 1. The van der Waals surface area contributed by atoms with Crippen molar-refractivity contribution >= 4 is 17.4 Å². The van der Waals surface area contributed by atoms with E-state index in [1.165, 1.54) is 0 Å². The second-order valence-electron chi connectivity index (χ2n) is 4.23. The number of nitrogens with zero attached hydrogens (tertiary/aromatic N) is 1. The van der Waals surface area contributed by atoms with Crippen molar-refractivity contribution in [2.24, 2.45) is 0 Å². The van der Waals surface area contributed by atoms with Crippen LogP contribution in [0.4, 0.5) is 0 Å². The fraction of sp³-hybridized carbons (Fsp3) is 0. The summed E-state index contributed by atoms with van der Waals surface area (Å²) >= 11 is 5.83. The van der Waals surface area contributed by atoms with E-state index in [2.05, 4.69) is 4.98 Å². The summed E-state index contributed by atoms with van der Waals surface area (Å²) in [5.41, 5.74) is 1.38. The maximum absolute atomic E-state index is 12.2. The maximum Gasteiger partial charge on any atom is 0.268 e. The summed E-state index contributed by atoms with van der Waals surface area (Å²) in [5, 5.41) is 0.647. The van der Waals surface area contributed by atoms with Gasteiger partial charge in [0, 0.05) is 16.1 Å². The summed E-state index contributed by atoms with van der Waals surface area (Å²) in [6, 6.07) is 16.1. The summed E-state index contributed by atoms with van der Waals surface area (Å²) in [5.74, 6) is 0.396. The van der Waals surface area contributed by atoms with Gasteiger partial charge in [-0.05, 0) is 24.3 Å². The van der Waals surface area contributed by atoms with Crippen LogP contribution in [0.3, 0.4) is 0 Å². The van der Waals surface area contributed by atoms with Crippen LogP contribution in [0.15, 0.2) is 65.2 Å². The molecule has 0 unspecified atom stereocenters. The summed E-state index contributed by atoms with van der Waals surface area (Å²) in [6.07, 6.45) is 1.54. The number of rotatable bonds is 3. The Morgan fingerprint density at radius 1 is 1.00 bits per heavy atom. The summed E-state index contributed by atoms with van der Waals surface area (Å²) < 4.78 is 5.52. The van der Waals surface area contributed by atoms with E-state index in [-0.39, 0.29) is 11.7 Å². The zero-order chi connectivity index (χ0) is 13.9. The predicted octanol–water partition coefficient (Wildman–Crippen LogP) is 4.23. The van der Waals surface area contributed by atoms with Gasteiger partial charge in [0.15, 0.2) is 5.76 Å². The Morgan fingerprint density at radius 2 is 1.70 bits per heavy atom. The summed E-state index contributed by atoms with van der Waals surface area (Å²) in [7, 11) is 0. The first kappa shape index (κ1) is 12.6. The van der Waals surface area contributed by atoms with E-state index in [1.807, 2.05) is 18.2 Å². The second kappa shape index (κ2) is 5.31. The highest BCUT2D eigenvalue weighted by Crippen LogP contribution is 2.23. The third kappa shape index (κ3) is 2.49. The van der Waals surface area contributed by atoms with Crippen LogP contribution in [0.1, 0.15) is 16.2 Å². The Hall–Kier alpha value is -2.39. The molecule has 3 rings (SSSR count). The lowest BCUT2D eigenvalue weighted by atomic mass is 10.1. The van der Waals surface area contributed by atoms with Crippen molar-refractivity contribution < 1.29 is 9.21 Å². The molecular formula is C16H10ClNO2. The number of halogens is 1. The minimum atomic E-state index is -0.231. The van der Waals surface area contributed by atoms with E-state index in [1.54, 1.807) is 42.6 Å². The molecule has 0 saturated heterocycles. The largest absolute Gasteiger partial charge is 0.433 e. The number of aromatic nitrogens is 1. The molecule has 0 amide bonds. The average molecular weight is 284 g/mol. The van der Waals surface area contributed by atoms with E-state index in [0.29, 0.717) is 16.3 Å². The first-order valence-corrected chi connectivity index (χ1v) is 6.43. The highest BCUT2D eigenvalue weighted by molar-refractivity contribution is 6.30. The third-order valence-corrected chi connectivity index (χ3v) is 3.12. The van der Waals surface area contributed by atoms with Gasteiger partial charge in [-0.3, -0.25) is 4.79 Å². The van der Waals surface area contributed by atoms with Crippen LogP contribution >= 0.6 is 11.6 Å². The smallest absolute Gasteiger partial charge is 0.268 e. The Kier molecular flexibility index (Phi) is 3.35. The number of carbonyl (C=O) groups is 1. The van der Waals surface area contributed by atoms with Crippen LogP contribution in [0, 0.1) is 0 Å². The molecule has 0 bridgehead atoms. The van der Waals surface area contributed by atoms with Gasteiger partial charge >= 0.3 is 0 Å². The Bertz CT molecular complexity index is 733. The molecule has 0 saturated carbocycles. The van der Waals surface area contributed by atoms with Crippen LogP contribution in [-0.4, -0.2) is 10.8 Å². The minimum Gasteiger partial charge on any atom is -0.433 e. The highest BCUT2D eigenvalue weighted by atomic mass is 35.5. The van der Waals surface area contributed by atoms with Gasteiger partial charge in [-0.1, -0.05) is 41.9 Å². The van der Waals surface area contributed by atoms with Crippen molar-refractivity contribution in [1.82, 2.24) is 4.98 Å². The molecule has 3 nitrogen and oxygen atoms in total. The molecular weight excluding hydrogens is 274 g/mol. The van der Waals surface area contributed by atoms with E-state index >= 15 is 0 Å². The highest BCUT2D eigenvalue weighted by Gasteiger charge is 2.15. The van der Waals surface area contributed by atoms with Crippen LogP contribution in [0.2, 0.25) is 5.02 Å². The van der Waals surface area contributed by atoms with E-state index in [4.69, 9.17) is 16.0 Å². The van der Waals surface area contributed by atoms with E-state index in [0.717, 1.165) is 5.56 Å². The van der Waals surface area contributed by atoms with Gasteiger partial charge in [0.25, 0.3) is 5.89 Å². The van der Waals surface area contributed by atoms with Gasteiger partial charge in [0.1, 0.15) is 0 Å². The normalized spacial score (nSPS) is 10.4.